The molecule has 2 N–H and O–H groups in total. The van der Waals surface area contributed by atoms with Crippen LogP contribution in [0.2, 0.25) is 0 Å². The molecule has 1 unspecified atom stereocenters. The van der Waals surface area contributed by atoms with E-state index in [2.05, 4.69) is 71.8 Å². The van der Waals surface area contributed by atoms with Gasteiger partial charge in [0.1, 0.15) is 0 Å². The van der Waals surface area contributed by atoms with Gasteiger partial charge in [0.25, 0.3) is 0 Å². The molecule has 26 heavy (non-hydrogen) atoms. The molecule has 2 heteroatoms. The third-order valence-corrected chi connectivity index (χ3v) is 5.54. The molecule has 1 aromatic heterocycles. The van der Waals surface area contributed by atoms with Crippen LogP contribution in [0, 0.1) is 6.92 Å². The molecule has 2 nitrogen and oxygen atoms in total. The van der Waals surface area contributed by atoms with Crippen LogP contribution in [0.3, 0.4) is 0 Å². The Labute approximate surface area is 156 Å². The molecular weight excluding hydrogens is 316 g/mol. The minimum Gasteiger partial charge on any atom is -0.361 e. The van der Waals surface area contributed by atoms with Crippen molar-refractivity contribution < 1.29 is 0 Å². The Morgan fingerprint density at radius 3 is 2.88 bits per heavy atom. The van der Waals surface area contributed by atoms with Crippen molar-refractivity contribution in [3.63, 3.8) is 0 Å². The second kappa shape index (κ2) is 7.92. The van der Waals surface area contributed by atoms with Crippen LogP contribution in [-0.2, 0) is 6.42 Å². The van der Waals surface area contributed by atoms with Crippen LogP contribution in [0.5, 0.6) is 0 Å². The lowest BCUT2D eigenvalue weighted by molar-refractivity contribution is 0.477. The maximum Gasteiger partial charge on any atom is 0.0456 e. The Kier molecular flexibility index (Phi) is 5.21. The smallest absolute Gasteiger partial charge is 0.0456 e. The first-order valence-corrected chi connectivity index (χ1v) is 9.84. The number of nitrogens with one attached hydrogen (secondary N) is 2. The molecular formula is C24H28N2. The van der Waals surface area contributed by atoms with E-state index in [0.29, 0.717) is 6.04 Å². The molecule has 0 spiro atoms. The van der Waals surface area contributed by atoms with Gasteiger partial charge in [0.15, 0.2) is 0 Å². The lowest BCUT2D eigenvalue weighted by Gasteiger charge is -2.25. The molecule has 134 valence electrons. The molecule has 3 aromatic rings. The number of hydrogen-bond donors (Lipinski definition) is 2. The van der Waals surface area contributed by atoms with E-state index in [9.17, 15) is 0 Å². The molecule has 0 saturated carbocycles. The summed E-state index contributed by atoms with van der Waals surface area (Å²) >= 11 is 0. The maximum atomic E-state index is 3.68. The minimum atomic E-state index is 0.610. The second-order valence-electron chi connectivity index (χ2n) is 7.51. The van der Waals surface area contributed by atoms with Gasteiger partial charge in [-0.3, -0.25) is 0 Å². The number of H-pyrrole nitrogens is 1. The van der Waals surface area contributed by atoms with E-state index < -0.39 is 0 Å². The highest BCUT2D eigenvalue weighted by Gasteiger charge is 2.15. The number of unbranched alkanes of at least 4 members (excludes halogenated alkanes) is 1. The van der Waals surface area contributed by atoms with Gasteiger partial charge in [-0.15, -0.1) is 0 Å². The molecule has 0 aliphatic carbocycles. The fourth-order valence-corrected chi connectivity index (χ4v) is 4.13. The summed E-state index contributed by atoms with van der Waals surface area (Å²) < 4.78 is 0. The number of aryl methyl sites for hydroxylation is 2. The SMILES string of the molecule is Cc1cccc(C2=CCNC(CCCCc3cccc4[nH]ccc34)C2)c1. The lowest BCUT2D eigenvalue weighted by atomic mass is 9.91. The average molecular weight is 345 g/mol. The summed E-state index contributed by atoms with van der Waals surface area (Å²) in [5.74, 6) is 0. The van der Waals surface area contributed by atoms with E-state index >= 15 is 0 Å². The molecule has 2 aromatic carbocycles. The third-order valence-electron chi connectivity index (χ3n) is 5.54. The van der Waals surface area contributed by atoms with Gasteiger partial charge in [0.2, 0.25) is 0 Å². The van der Waals surface area contributed by atoms with E-state index in [1.54, 1.807) is 0 Å². The van der Waals surface area contributed by atoms with Crippen LogP contribution >= 0.6 is 0 Å². The first-order chi connectivity index (χ1) is 12.8. The van der Waals surface area contributed by atoms with Crippen molar-refractivity contribution in [2.24, 2.45) is 0 Å². The van der Waals surface area contributed by atoms with Gasteiger partial charge >= 0.3 is 0 Å². The second-order valence-corrected chi connectivity index (χ2v) is 7.51. The molecule has 1 aliphatic rings. The molecule has 0 saturated heterocycles. The number of fused-ring (bicyclic) bond motifs is 1. The molecule has 0 fully saturated rings. The standard InChI is InChI=1S/C24H28N2/c1-18-6-4-9-20(16-18)21-12-14-25-22(17-21)10-3-2-7-19-8-5-11-24-23(19)13-15-26-24/h4-6,8-9,11-13,15-16,22,25-26H,2-3,7,10,14,17H2,1H3. The van der Waals surface area contributed by atoms with Crippen molar-refractivity contribution in [1.82, 2.24) is 10.3 Å². The van der Waals surface area contributed by atoms with Crippen molar-refractivity contribution in [1.29, 1.82) is 0 Å². The Morgan fingerprint density at radius 2 is 1.96 bits per heavy atom. The normalized spacial score (nSPS) is 17.4. The zero-order valence-corrected chi connectivity index (χ0v) is 15.6. The topological polar surface area (TPSA) is 27.8 Å². The van der Waals surface area contributed by atoms with Crippen molar-refractivity contribution in [2.75, 3.05) is 6.54 Å². The van der Waals surface area contributed by atoms with E-state index in [0.717, 1.165) is 13.0 Å². The van der Waals surface area contributed by atoms with Crippen LogP contribution < -0.4 is 5.32 Å². The van der Waals surface area contributed by atoms with Crippen LogP contribution in [0.15, 0.2) is 60.8 Å². The predicted molar refractivity (Wildman–Crippen MR) is 111 cm³/mol. The van der Waals surface area contributed by atoms with Crippen LogP contribution in [0.25, 0.3) is 16.5 Å². The summed E-state index contributed by atoms with van der Waals surface area (Å²) in [5.41, 5.74) is 6.98. The van der Waals surface area contributed by atoms with E-state index in [1.807, 2.05) is 6.20 Å². The van der Waals surface area contributed by atoms with Gasteiger partial charge in [-0.25, -0.2) is 0 Å². The molecule has 0 amide bonds. The fraction of sp³-hybridized carbons (Fsp3) is 0.333. The van der Waals surface area contributed by atoms with Gasteiger partial charge in [0, 0.05) is 29.7 Å². The Balaban J connectivity index is 1.29. The third kappa shape index (κ3) is 3.91. The summed E-state index contributed by atoms with van der Waals surface area (Å²) in [6.45, 7) is 3.17. The van der Waals surface area contributed by atoms with Gasteiger partial charge in [0.05, 0.1) is 0 Å². The van der Waals surface area contributed by atoms with E-state index in [1.165, 1.54) is 58.8 Å². The maximum absolute atomic E-state index is 3.68. The monoisotopic (exact) mass is 344 g/mol. The van der Waals surface area contributed by atoms with Crippen molar-refractivity contribution in [3.8, 4) is 0 Å². The molecule has 0 radical (unpaired) electrons. The zero-order chi connectivity index (χ0) is 17.8. The van der Waals surface area contributed by atoms with Crippen molar-refractivity contribution in [2.45, 2.75) is 45.1 Å². The molecule has 0 bridgehead atoms. The Morgan fingerprint density at radius 1 is 1.04 bits per heavy atom. The highest BCUT2D eigenvalue weighted by molar-refractivity contribution is 5.82. The van der Waals surface area contributed by atoms with Gasteiger partial charge in [-0.1, -0.05) is 54.5 Å². The summed E-state index contributed by atoms with van der Waals surface area (Å²) in [6, 6.07) is 18.3. The number of rotatable bonds is 6. The highest BCUT2D eigenvalue weighted by atomic mass is 14.9. The Hall–Kier alpha value is -2.32. The summed E-state index contributed by atoms with van der Waals surface area (Å²) in [5, 5.41) is 5.06. The van der Waals surface area contributed by atoms with Gasteiger partial charge in [-0.2, -0.15) is 0 Å². The first kappa shape index (κ1) is 17.1. The number of aromatic amines is 1. The number of hydrogen-bond acceptors (Lipinski definition) is 1. The summed E-state index contributed by atoms with van der Waals surface area (Å²) in [4.78, 5) is 3.31. The summed E-state index contributed by atoms with van der Waals surface area (Å²) in [6.07, 6.45) is 10.5. The molecule has 4 rings (SSSR count). The fourth-order valence-electron chi connectivity index (χ4n) is 4.13. The zero-order valence-electron chi connectivity index (χ0n) is 15.6. The largest absolute Gasteiger partial charge is 0.361 e. The van der Waals surface area contributed by atoms with Crippen LogP contribution in [0.4, 0.5) is 0 Å². The highest BCUT2D eigenvalue weighted by Crippen LogP contribution is 2.26. The number of aromatic nitrogens is 1. The molecule has 1 atom stereocenters. The minimum absolute atomic E-state index is 0.610. The van der Waals surface area contributed by atoms with Gasteiger partial charge < -0.3 is 10.3 Å². The van der Waals surface area contributed by atoms with Gasteiger partial charge in [-0.05, 0) is 61.4 Å². The number of benzene rings is 2. The summed E-state index contributed by atoms with van der Waals surface area (Å²) in [7, 11) is 0. The van der Waals surface area contributed by atoms with E-state index in [4.69, 9.17) is 0 Å². The Bertz CT molecular complexity index is 903. The van der Waals surface area contributed by atoms with Crippen LogP contribution in [-0.4, -0.2) is 17.6 Å². The van der Waals surface area contributed by atoms with E-state index in [-0.39, 0.29) is 0 Å². The first-order valence-electron chi connectivity index (χ1n) is 9.84. The average Bonchev–Trinajstić information content (AvgIpc) is 3.15. The van der Waals surface area contributed by atoms with Crippen molar-refractivity contribution >= 4 is 16.5 Å². The lowest BCUT2D eigenvalue weighted by Crippen LogP contribution is -2.32. The molecule has 2 heterocycles. The molecule has 1 aliphatic heterocycles. The quantitative estimate of drug-likeness (QED) is 0.557. The predicted octanol–water partition coefficient (Wildman–Crippen LogP) is 5.63. The van der Waals surface area contributed by atoms with Crippen molar-refractivity contribution in [3.05, 3.63) is 77.5 Å². The van der Waals surface area contributed by atoms with Crippen LogP contribution in [0.1, 0.15) is 42.4 Å².